The minimum absolute atomic E-state index is 0.0322. The molecule has 1 aromatic carbocycles. The molecule has 140 valence electrons. The number of amides is 2. The fourth-order valence-corrected chi connectivity index (χ4v) is 3.59. The maximum atomic E-state index is 12.2. The van der Waals surface area contributed by atoms with Crippen molar-refractivity contribution in [2.24, 2.45) is 10.2 Å². The number of aryl methyl sites for hydroxylation is 1. The van der Waals surface area contributed by atoms with Crippen LogP contribution in [0.4, 0.5) is 5.69 Å². The molecular weight excluding hydrogens is 411 g/mol. The van der Waals surface area contributed by atoms with Crippen LogP contribution in [0.3, 0.4) is 0 Å². The summed E-state index contributed by atoms with van der Waals surface area (Å²) >= 11 is 13.0. The van der Waals surface area contributed by atoms with Gasteiger partial charge in [-0.25, -0.2) is 0 Å². The number of thioether (sulfide) groups is 1. The molecule has 0 bridgehead atoms. The van der Waals surface area contributed by atoms with Crippen molar-refractivity contribution in [3.05, 3.63) is 51.9 Å². The average Bonchev–Trinajstić information content (AvgIpc) is 3.16. The molecule has 2 amide bonds. The van der Waals surface area contributed by atoms with Crippen molar-refractivity contribution in [2.45, 2.75) is 18.6 Å². The van der Waals surface area contributed by atoms with E-state index in [0.29, 0.717) is 26.7 Å². The van der Waals surface area contributed by atoms with E-state index in [-0.39, 0.29) is 18.2 Å². The number of rotatable bonds is 5. The highest BCUT2D eigenvalue weighted by molar-refractivity contribution is 8.15. The minimum atomic E-state index is -0.601. The van der Waals surface area contributed by atoms with Crippen LogP contribution in [0.5, 0.6) is 0 Å². The quantitative estimate of drug-likeness (QED) is 0.562. The monoisotopic (exact) mass is 424 g/mol. The van der Waals surface area contributed by atoms with Crippen LogP contribution in [0, 0.1) is 6.92 Å². The Morgan fingerprint density at radius 2 is 2.19 bits per heavy atom. The highest BCUT2D eigenvalue weighted by atomic mass is 35.5. The van der Waals surface area contributed by atoms with Crippen LogP contribution in [0.1, 0.15) is 17.9 Å². The number of nitrogens with zero attached hydrogens (tertiary/aromatic N) is 2. The van der Waals surface area contributed by atoms with Crippen molar-refractivity contribution >= 4 is 63.8 Å². The van der Waals surface area contributed by atoms with E-state index in [4.69, 9.17) is 27.6 Å². The molecule has 0 spiro atoms. The third-order valence-electron chi connectivity index (χ3n) is 3.45. The molecule has 1 atom stereocenters. The summed E-state index contributed by atoms with van der Waals surface area (Å²) in [5, 5.41) is 13.6. The molecule has 0 aliphatic carbocycles. The van der Waals surface area contributed by atoms with Gasteiger partial charge in [0.2, 0.25) is 11.8 Å². The first-order chi connectivity index (χ1) is 12.9. The van der Waals surface area contributed by atoms with Gasteiger partial charge in [-0.2, -0.15) is 5.10 Å². The van der Waals surface area contributed by atoms with Gasteiger partial charge in [-0.1, -0.05) is 35.0 Å². The van der Waals surface area contributed by atoms with Crippen molar-refractivity contribution in [3.8, 4) is 0 Å². The lowest BCUT2D eigenvalue weighted by molar-refractivity contribution is -0.122. The fraction of sp³-hybridized carbons (Fsp3) is 0.176. The first-order valence-electron chi connectivity index (χ1n) is 7.80. The molecule has 1 aliphatic rings. The predicted molar refractivity (Wildman–Crippen MR) is 108 cm³/mol. The summed E-state index contributed by atoms with van der Waals surface area (Å²) in [4.78, 5) is 24.2. The summed E-state index contributed by atoms with van der Waals surface area (Å²) < 4.78 is 5.33. The first kappa shape index (κ1) is 19.5. The number of furan rings is 1. The molecule has 0 radical (unpaired) electrons. The molecule has 1 fully saturated rings. The maximum Gasteiger partial charge on any atom is 0.240 e. The zero-order valence-electron chi connectivity index (χ0n) is 14.0. The van der Waals surface area contributed by atoms with Gasteiger partial charge in [0, 0.05) is 11.4 Å². The van der Waals surface area contributed by atoms with E-state index in [1.54, 1.807) is 18.2 Å². The van der Waals surface area contributed by atoms with Crippen molar-refractivity contribution < 1.29 is 14.0 Å². The molecule has 1 saturated heterocycles. The molecule has 0 saturated carbocycles. The summed E-state index contributed by atoms with van der Waals surface area (Å²) in [5.41, 5.74) is 0.432. The third-order valence-corrected chi connectivity index (χ3v) is 5.07. The molecule has 2 N–H and O–H groups in total. The predicted octanol–water partition coefficient (Wildman–Crippen LogP) is 3.85. The summed E-state index contributed by atoms with van der Waals surface area (Å²) in [5.74, 6) is 0.671. The van der Waals surface area contributed by atoms with Crippen molar-refractivity contribution in [3.63, 3.8) is 0 Å². The zero-order chi connectivity index (χ0) is 19.4. The van der Waals surface area contributed by atoms with E-state index >= 15 is 0 Å². The number of nitrogens with one attached hydrogen (secondary N) is 2. The van der Waals surface area contributed by atoms with Crippen molar-refractivity contribution in [1.82, 2.24) is 5.32 Å². The molecule has 10 heteroatoms. The summed E-state index contributed by atoms with van der Waals surface area (Å²) in [6.07, 6.45) is 1.41. The van der Waals surface area contributed by atoms with Crippen LogP contribution in [0.25, 0.3) is 0 Å². The van der Waals surface area contributed by atoms with Gasteiger partial charge < -0.3 is 15.1 Å². The number of halogens is 2. The van der Waals surface area contributed by atoms with Crippen LogP contribution in [0.2, 0.25) is 10.0 Å². The van der Waals surface area contributed by atoms with E-state index < -0.39 is 5.25 Å². The molecule has 1 aliphatic heterocycles. The van der Waals surface area contributed by atoms with E-state index in [1.165, 1.54) is 12.3 Å². The highest BCUT2D eigenvalue weighted by Gasteiger charge is 2.32. The number of carbonyl (C=O) groups excluding carboxylic acids is 2. The fourth-order valence-electron chi connectivity index (χ4n) is 2.21. The molecule has 2 heterocycles. The standard InChI is InChI=1S/C17H14Cl2N4O3S/c1-9-2-4-11(26-9)8-20-23-17-22-16(25)14(27-17)7-15(24)21-13-5-3-10(18)6-12(13)19/h2-6,8,14H,7H2,1H3,(H,21,24)(H,22,23,25). The van der Waals surface area contributed by atoms with Gasteiger partial charge in [0.25, 0.3) is 0 Å². The van der Waals surface area contributed by atoms with Crippen molar-refractivity contribution in [1.29, 1.82) is 0 Å². The molecule has 1 unspecified atom stereocenters. The van der Waals surface area contributed by atoms with Gasteiger partial charge in [-0.15, -0.1) is 5.10 Å². The Labute approximate surface area is 169 Å². The second-order valence-corrected chi connectivity index (χ2v) is 7.61. The van der Waals surface area contributed by atoms with Gasteiger partial charge in [0.05, 0.1) is 16.9 Å². The number of hydrogen-bond acceptors (Lipinski definition) is 6. The molecule has 1 aromatic heterocycles. The Morgan fingerprint density at radius 3 is 2.89 bits per heavy atom. The zero-order valence-corrected chi connectivity index (χ0v) is 16.4. The number of hydrogen-bond donors (Lipinski definition) is 2. The lowest BCUT2D eigenvalue weighted by Gasteiger charge is -2.09. The third kappa shape index (κ3) is 5.35. The summed E-state index contributed by atoms with van der Waals surface area (Å²) in [6, 6.07) is 8.31. The topological polar surface area (TPSA) is 96.1 Å². The number of carbonyl (C=O) groups is 2. The van der Waals surface area contributed by atoms with Crippen molar-refractivity contribution in [2.75, 3.05) is 5.32 Å². The largest absolute Gasteiger partial charge is 0.460 e. The molecule has 3 rings (SSSR count). The van der Waals surface area contributed by atoms with Gasteiger partial charge in [0.15, 0.2) is 5.17 Å². The SMILES string of the molecule is Cc1ccc(C=N/N=C2\NC(=O)C(CC(=O)Nc3ccc(Cl)cc3Cl)S2)o1. The van der Waals surface area contributed by atoms with Crippen LogP contribution in [0.15, 0.2) is 45.0 Å². The number of benzene rings is 1. The molecular formula is C17H14Cl2N4O3S. The van der Waals surface area contributed by atoms with Crippen LogP contribution in [-0.2, 0) is 9.59 Å². The van der Waals surface area contributed by atoms with E-state index in [1.807, 2.05) is 13.0 Å². The van der Waals surface area contributed by atoms with Crippen LogP contribution < -0.4 is 10.6 Å². The van der Waals surface area contributed by atoms with E-state index in [2.05, 4.69) is 20.8 Å². The number of amidine groups is 1. The molecule has 2 aromatic rings. The van der Waals surface area contributed by atoms with Crippen LogP contribution in [-0.4, -0.2) is 28.4 Å². The Hall–Kier alpha value is -2.29. The maximum absolute atomic E-state index is 12.2. The van der Waals surface area contributed by atoms with Gasteiger partial charge >= 0.3 is 0 Å². The van der Waals surface area contributed by atoms with Gasteiger partial charge in [-0.3, -0.25) is 9.59 Å². The molecule has 7 nitrogen and oxygen atoms in total. The van der Waals surface area contributed by atoms with Crippen LogP contribution >= 0.6 is 35.0 Å². The minimum Gasteiger partial charge on any atom is -0.460 e. The Balaban J connectivity index is 1.56. The summed E-state index contributed by atoms with van der Waals surface area (Å²) in [7, 11) is 0. The smallest absolute Gasteiger partial charge is 0.240 e. The van der Waals surface area contributed by atoms with Gasteiger partial charge in [-0.05, 0) is 37.3 Å². The molecule has 27 heavy (non-hydrogen) atoms. The highest BCUT2D eigenvalue weighted by Crippen LogP contribution is 2.27. The summed E-state index contributed by atoms with van der Waals surface area (Å²) in [6.45, 7) is 1.82. The second-order valence-electron chi connectivity index (χ2n) is 5.57. The Kier molecular flexibility index (Phi) is 6.20. The average molecular weight is 425 g/mol. The van der Waals surface area contributed by atoms with Gasteiger partial charge in [0.1, 0.15) is 16.8 Å². The second kappa shape index (κ2) is 8.60. The van der Waals surface area contributed by atoms with E-state index in [9.17, 15) is 9.59 Å². The Morgan fingerprint density at radius 1 is 1.37 bits per heavy atom. The number of anilines is 1. The van der Waals surface area contributed by atoms with E-state index in [0.717, 1.165) is 17.5 Å². The lowest BCUT2D eigenvalue weighted by atomic mass is 10.2. The lowest BCUT2D eigenvalue weighted by Crippen LogP contribution is -2.28. The first-order valence-corrected chi connectivity index (χ1v) is 9.44. The normalized spacial score (nSPS) is 18.3. The Bertz CT molecular complexity index is 942.